The van der Waals surface area contributed by atoms with Crippen LogP contribution in [0.15, 0.2) is 22.9 Å². The Balaban J connectivity index is 2.04. The van der Waals surface area contributed by atoms with Crippen LogP contribution in [0.1, 0.15) is 46.0 Å². The van der Waals surface area contributed by atoms with Crippen molar-refractivity contribution >= 4 is 0 Å². The maximum absolute atomic E-state index is 9.54. The Bertz CT molecular complexity index is 322. The van der Waals surface area contributed by atoms with E-state index in [9.17, 15) is 5.11 Å². The van der Waals surface area contributed by atoms with Gasteiger partial charge in [-0.3, -0.25) is 0 Å². The zero-order valence-electron chi connectivity index (χ0n) is 10.4. The number of rotatable bonds is 1. The first-order valence-electron chi connectivity index (χ1n) is 6.39. The summed E-state index contributed by atoms with van der Waals surface area (Å²) >= 11 is 0. The molecule has 16 heavy (non-hydrogen) atoms. The maximum Gasteiger partial charge on any atom is 0.0540 e. The lowest BCUT2D eigenvalue weighted by molar-refractivity contribution is 0.0957. The monoisotopic (exact) mass is 221 g/mol. The van der Waals surface area contributed by atoms with Gasteiger partial charge in [-0.25, -0.2) is 0 Å². The molecule has 90 valence electrons. The Morgan fingerprint density at radius 2 is 1.81 bits per heavy atom. The van der Waals surface area contributed by atoms with Gasteiger partial charge in [0, 0.05) is 5.70 Å². The average molecular weight is 221 g/mol. The molecule has 0 saturated heterocycles. The van der Waals surface area contributed by atoms with E-state index in [1.807, 2.05) is 0 Å². The quantitative estimate of drug-likeness (QED) is 0.715. The Morgan fingerprint density at radius 1 is 1.19 bits per heavy atom. The predicted molar refractivity (Wildman–Crippen MR) is 66.7 cm³/mol. The van der Waals surface area contributed by atoms with Crippen LogP contribution in [0, 0.1) is 11.8 Å². The topological polar surface area (TPSA) is 46.2 Å². The summed E-state index contributed by atoms with van der Waals surface area (Å²) in [5.41, 5.74) is 9.68. The van der Waals surface area contributed by atoms with Crippen molar-refractivity contribution in [1.29, 1.82) is 0 Å². The van der Waals surface area contributed by atoms with E-state index in [-0.39, 0.29) is 6.10 Å². The number of aliphatic hydroxyl groups is 1. The predicted octanol–water partition coefficient (Wildman–Crippen LogP) is 2.74. The molecule has 0 bridgehead atoms. The van der Waals surface area contributed by atoms with Crippen LogP contribution in [-0.2, 0) is 0 Å². The lowest BCUT2D eigenvalue weighted by atomic mass is 9.72. The molecular weight excluding hydrogens is 198 g/mol. The zero-order valence-corrected chi connectivity index (χ0v) is 10.4. The molecule has 2 heteroatoms. The van der Waals surface area contributed by atoms with E-state index in [4.69, 9.17) is 5.73 Å². The SMILES string of the molecule is CC1=CC(N)=C(C)CC1C1CCC(O)CC1. The minimum atomic E-state index is -0.0502. The first-order chi connectivity index (χ1) is 7.58. The van der Waals surface area contributed by atoms with E-state index < -0.39 is 0 Å². The van der Waals surface area contributed by atoms with Crippen molar-refractivity contribution in [3.63, 3.8) is 0 Å². The van der Waals surface area contributed by atoms with E-state index in [1.54, 1.807) is 0 Å². The standard InChI is InChI=1S/C14H23NO/c1-9-8-14(15)10(2)7-13(9)11-3-5-12(16)6-4-11/h8,11-13,16H,3-7,15H2,1-2H3. The molecule has 2 rings (SSSR count). The lowest BCUT2D eigenvalue weighted by Crippen LogP contribution is -2.27. The number of hydrogen-bond acceptors (Lipinski definition) is 2. The molecule has 0 heterocycles. The van der Waals surface area contributed by atoms with E-state index in [0.29, 0.717) is 5.92 Å². The van der Waals surface area contributed by atoms with Crippen LogP contribution in [0.25, 0.3) is 0 Å². The van der Waals surface area contributed by atoms with Crippen molar-refractivity contribution in [3.8, 4) is 0 Å². The smallest absolute Gasteiger partial charge is 0.0540 e. The molecule has 0 aromatic rings. The molecule has 0 amide bonds. The van der Waals surface area contributed by atoms with Crippen molar-refractivity contribution < 1.29 is 5.11 Å². The van der Waals surface area contributed by atoms with E-state index in [0.717, 1.165) is 30.9 Å². The molecule has 1 saturated carbocycles. The number of nitrogens with two attached hydrogens (primary N) is 1. The second kappa shape index (κ2) is 4.62. The van der Waals surface area contributed by atoms with Crippen LogP contribution in [-0.4, -0.2) is 11.2 Å². The second-order valence-electron chi connectivity index (χ2n) is 5.50. The van der Waals surface area contributed by atoms with Crippen LogP contribution in [0.5, 0.6) is 0 Å². The van der Waals surface area contributed by atoms with Gasteiger partial charge in [0.25, 0.3) is 0 Å². The minimum absolute atomic E-state index is 0.0502. The summed E-state index contributed by atoms with van der Waals surface area (Å²) in [6.45, 7) is 4.35. The lowest BCUT2D eigenvalue weighted by Gasteiger charge is -2.35. The fourth-order valence-corrected chi connectivity index (χ4v) is 3.13. The Kier molecular flexibility index (Phi) is 3.38. The van der Waals surface area contributed by atoms with Gasteiger partial charge in [0.2, 0.25) is 0 Å². The Hall–Kier alpha value is -0.760. The fourth-order valence-electron chi connectivity index (χ4n) is 3.13. The molecule has 0 radical (unpaired) electrons. The van der Waals surface area contributed by atoms with Crippen molar-refractivity contribution in [2.24, 2.45) is 17.6 Å². The van der Waals surface area contributed by atoms with Crippen LogP contribution in [0.3, 0.4) is 0 Å². The summed E-state index contributed by atoms with van der Waals surface area (Å²) in [6.07, 6.45) is 7.52. The molecule has 1 unspecified atom stereocenters. The Labute approximate surface area is 98.2 Å². The number of allylic oxidation sites excluding steroid dienone is 3. The molecule has 2 nitrogen and oxygen atoms in total. The highest BCUT2D eigenvalue weighted by atomic mass is 16.3. The highest BCUT2D eigenvalue weighted by Gasteiger charge is 2.29. The van der Waals surface area contributed by atoms with Crippen LogP contribution < -0.4 is 5.73 Å². The first-order valence-corrected chi connectivity index (χ1v) is 6.39. The molecule has 2 aliphatic carbocycles. The molecule has 0 spiro atoms. The van der Waals surface area contributed by atoms with Crippen LogP contribution >= 0.6 is 0 Å². The molecule has 3 N–H and O–H groups in total. The van der Waals surface area contributed by atoms with Gasteiger partial charge in [-0.2, -0.15) is 0 Å². The highest BCUT2D eigenvalue weighted by Crippen LogP contribution is 2.39. The maximum atomic E-state index is 9.54. The largest absolute Gasteiger partial charge is 0.399 e. The number of hydrogen-bond donors (Lipinski definition) is 2. The third-order valence-electron chi connectivity index (χ3n) is 4.30. The summed E-state index contributed by atoms with van der Waals surface area (Å²) in [5, 5.41) is 9.54. The van der Waals surface area contributed by atoms with Gasteiger partial charge in [-0.15, -0.1) is 0 Å². The average Bonchev–Trinajstić information content (AvgIpc) is 2.25. The fraction of sp³-hybridized carbons (Fsp3) is 0.714. The molecule has 1 fully saturated rings. The van der Waals surface area contributed by atoms with Crippen molar-refractivity contribution in [1.82, 2.24) is 0 Å². The molecule has 0 aromatic heterocycles. The van der Waals surface area contributed by atoms with Gasteiger partial charge in [0.15, 0.2) is 0 Å². The van der Waals surface area contributed by atoms with Gasteiger partial charge in [0.1, 0.15) is 0 Å². The summed E-state index contributed by atoms with van der Waals surface area (Å²) in [6, 6.07) is 0. The Morgan fingerprint density at radius 3 is 2.44 bits per heavy atom. The summed E-state index contributed by atoms with van der Waals surface area (Å²) < 4.78 is 0. The van der Waals surface area contributed by atoms with Gasteiger partial charge in [0.05, 0.1) is 6.10 Å². The van der Waals surface area contributed by atoms with Gasteiger partial charge >= 0.3 is 0 Å². The summed E-state index contributed by atoms with van der Waals surface area (Å²) in [5.74, 6) is 1.42. The molecule has 2 aliphatic rings. The summed E-state index contributed by atoms with van der Waals surface area (Å²) in [7, 11) is 0. The first kappa shape index (κ1) is 11.7. The molecule has 0 aliphatic heterocycles. The second-order valence-corrected chi connectivity index (χ2v) is 5.50. The van der Waals surface area contributed by atoms with Crippen LogP contribution in [0.4, 0.5) is 0 Å². The molecular formula is C14H23NO. The normalized spacial score (nSPS) is 36.2. The molecule has 1 atom stereocenters. The van der Waals surface area contributed by atoms with E-state index >= 15 is 0 Å². The summed E-state index contributed by atoms with van der Waals surface area (Å²) in [4.78, 5) is 0. The highest BCUT2D eigenvalue weighted by molar-refractivity contribution is 5.31. The van der Waals surface area contributed by atoms with Crippen LogP contribution in [0.2, 0.25) is 0 Å². The molecule has 0 aromatic carbocycles. The number of aliphatic hydroxyl groups excluding tert-OH is 1. The minimum Gasteiger partial charge on any atom is -0.399 e. The van der Waals surface area contributed by atoms with E-state index in [1.165, 1.54) is 24.0 Å². The van der Waals surface area contributed by atoms with Crippen molar-refractivity contribution in [2.75, 3.05) is 0 Å². The van der Waals surface area contributed by atoms with Crippen molar-refractivity contribution in [2.45, 2.75) is 52.1 Å². The van der Waals surface area contributed by atoms with Gasteiger partial charge < -0.3 is 10.8 Å². The van der Waals surface area contributed by atoms with Crippen molar-refractivity contribution in [3.05, 3.63) is 22.9 Å². The van der Waals surface area contributed by atoms with Gasteiger partial charge in [-0.1, -0.05) is 5.57 Å². The third-order valence-corrected chi connectivity index (χ3v) is 4.30. The zero-order chi connectivity index (χ0) is 11.7. The van der Waals surface area contributed by atoms with E-state index in [2.05, 4.69) is 19.9 Å². The third kappa shape index (κ3) is 2.32. The van der Waals surface area contributed by atoms with Gasteiger partial charge in [-0.05, 0) is 69.4 Å².